The molecule has 0 fully saturated rings. The average molecular weight is 227 g/mol. The second-order valence-corrected chi connectivity index (χ2v) is 3.31. The zero-order valence-electron chi connectivity index (χ0n) is 9.32. The molecule has 1 aromatic heterocycles. The Morgan fingerprint density at radius 3 is 2.69 bits per heavy atom. The van der Waals surface area contributed by atoms with Gasteiger partial charge in [0, 0.05) is 6.54 Å². The van der Waals surface area contributed by atoms with Crippen LogP contribution in [0.1, 0.15) is 13.8 Å². The molecule has 0 aliphatic heterocycles. The third-order valence-corrected chi connectivity index (χ3v) is 1.92. The molecule has 8 N–H and O–H groups in total. The van der Waals surface area contributed by atoms with Crippen LogP contribution in [0.2, 0.25) is 0 Å². The van der Waals surface area contributed by atoms with Crippen molar-refractivity contribution in [3.63, 3.8) is 0 Å². The van der Waals surface area contributed by atoms with E-state index in [4.69, 9.17) is 17.2 Å². The van der Waals surface area contributed by atoms with Crippen LogP contribution in [0.5, 0.6) is 0 Å². The number of nitrogen functional groups attached to an aromatic ring is 2. The Bertz CT molecular complexity index is 413. The number of rotatable bonds is 4. The Kier molecular flexibility index (Phi) is 3.69. The molecule has 0 saturated carbocycles. The molecule has 1 heterocycles. The van der Waals surface area contributed by atoms with Gasteiger partial charge in [-0.15, -0.1) is 0 Å². The molecule has 8 nitrogen and oxygen atoms in total. The number of nitrogens with one attached hydrogen (secondary N) is 2. The Labute approximate surface area is 92.8 Å². The van der Waals surface area contributed by atoms with E-state index < -0.39 is 11.7 Å². The number of nitrogens with zero attached hydrogens (tertiary/aromatic N) is 2. The van der Waals surface area contributed by atoms with Crippen LogP contribution in [0.4, 0.5) is 17.5 Å². The van der Waals surface area contributed by atoms with Crippen molar-refractivity contribution in [2.45, 2.75) is 20.0 Å². The summed E-state index contributed by atoms with van der Waals surface area (Å²) in [6.45, 7) is 4.25. The zero-order chi connectivity index (χ0) is 12.3. The molecule has 1 rings (SSSR count). The topological polar surface area (TPSA) is 139 Å². The fourth-order valence-electron chi connectivity index (χ4n) is 1.25. The summed E-state index contributed by atoms with van der Waals surface area (Å²) in [5.74, 6) is 0.232. The van der Waals surface area contributed by atoms with Crippen molar-refractivity contribution in [2.75, 3.05) is 23.0 Å². The Morgan fingerprint density at radius 2 is 2.19 bits per heavy atom. The first-order chi connectivity index (χ1) is 7.47. The fourth-order valence-corrected chi connectivity index (χ4v) is 1.25. The number of hydrogen-bond acceptors (Lipinski definition) is 7. The summed E-state index contributed by atoms with van der Waals surface area (Å²) in [6, 6.07) is 0. The van der Waals surface area contributed by atoms with Crippen LogP contribution in [0.25, 0.3) is 0 Å². The van der Waals surface area contributed by atoms with Crippen LogP contribution >= 0.6 is 0 Å². The SMILES string of the molecule is CCNN(c1nc(N)[nH]c(=O)c1N)C(C)N. The van der Waals surface area contributed by atoms with E-state index in [2.05, 4.69) is 15.4 Å². The molecule has 0 aliphatic carbocycles. The van der Waals surface area contributed by atoms with Gasteiger partial charge in [0.2, 0.25) is 5.95 Å². The first kappa shape index (κ1) is 12.3. The van der Waals surface area contributed by atoms with Crippen LogP contribution < -0.4 is 33.2 Å². The maximum absolute atomic E-state index is 11.4. The smallest absolute Gasteiger partial charge is 0.277 e. The highest BCUT2D eigenvalue weighted by molar-refractivity contribution is 5.62. The van der Waals surface area contributed by atoms with Gasteiger partial charge < -0.3 is 17.2 Å². The minimum absolute atomic E-state index is 0.00208. The summed E-state index contributed by atoms with van der Waals surface area (Å²) >= 11 is 0. The third-order valence-electron chi connectivity index (χ3n) is 1.92. The van der Waals surface area contributed by atoms with Crippen molar-refractivity contribution in [3.8, 4) is 0 Å². The first-order valence-electron chi connectivity index (χ1n) is 4.91. The van der Waals surface area contributed by atoms with E-state index in [0.29, 0.717) is 6.54 Å². The number of anilines is 3. The van der Waals surface area contributed by atoms with Crippen LogP contribution in [0, 0.1) is 0 Å². The van der Waals surface area contributed by atoms with E-state index in [1.807, 2.05) is 6.92 Å². The minimum Gasteiger partial charge on any atom is -0.391 e. The lowest BCUT2D eigenvalue weighted by Crippen LogP contribution is -2.50. The van der Waals surface area contributed by atoms with Crippen LogP contribution in [0.15, 0.2) is 4.79 Å². The first-order valence-corrected chi connectivity index (χ1v) is 4.91. The van der Waals surface area contributed by atoms with Crippen LogP contribution in [-0.4, -0.2) is 22.7 Å². The van der Waals surface area contributed by atoms with E-state index in [0.717, 1.165) is 0 Å². The van der Waals surface area contributed by atoms with E-state index in [1.54, 1.807) is 6.92 Å². The maximum Gasteiger partial charge on any atom is 0.277 e. The van der Waals surface area contributed by atoms with Gasteiger partial charge in [0.1, 0.15) is 5.69 Å². The summed E-state index contributed by atoms with van der Waals surface area (Å²) in [7, 11) is 0. The number of hydrazine groups is 1. The van der Waals surface area contributed by atoms with Crippen LogP contribution in [-0.2, 0) is 0 Å². The van der Waals surface area contributed by atoms with Gasteiger partial charge >= 0.3 is 0 Å². The number of aromatic amines is 1. The van der Waals surface area contributed by atoms with Gasteiger partial charge in [0.15, 0.2) is 5.82 Å². The Morgan fingerprint density at radius 1 is 1.56 bits per heavy atom. The zero-order valence-corrected chi connectivity index (χ0v) is 9.32. The molecular weight excluding hydrogens is 210 g/mol. The third kappa shape index (κ3) is 2.41. The Balaban J connectivity index is 3.23. The van der Waals surface area contributed by atoms with Crippen molar-refractivity contribution in [2.24, 2.45) is 5.73 Å². The number of H-pyrrole nitrogens is 1. The van der Waals surface area contributed by atoms with E-state index in [-0.39, 0.29) is 17.5 Å². The lowest BCUT2D eigenvalue weighted by molar-refractivity contribution is 0.556. The van der Waals surface area contributed by atoms with Gasteiger partial charge in [-0.3, -0.25) is 14.8 Å². The predicted molar refractivity (Wildman–Crippen MR) is 63.5 cm³/mol. The second-order valence-electron chi connectivity index (χ2n) is 3.31. The molecule has 0 amide bonds. The summed E-state index contributed by atoms with van der Waals surface area (Å²) < 4.78 is 0. The molecule has 8 heteroatoms. The van der Waals surface area contributed by atoms with Crippen molar-refractivity contribution < 1.29 is 0 Å². The monoisotopic (exact) mass is 227 g/mol. The summed E-state index contributed by atoms with van der Waals surface area (Å²) in [6.07, 6.45) is -0.393. The highest BCUT2D eigenvalue weighted by Gasteiger charge is 2.17. The van der Waals surface area contributed by atoms with Crippen molar-refractivity contribution >= 4 is 17.5 Å². The van der Waals surface area contributed by atoms with Gasteiger partial charge in [0.25, 0.3) is 5.56 Å². The van der Waals surface area contributed by atoms with Gasteiger partial charge in [-0.25, -0.2) is 5.43 Å². The maximum atomic E-state index is 11.4. The van der Waals surface area contributed by atoms with Crippen molar-refractivity contribution in [1.29, 1.82) is 0 Å². The lowest BCUT2D eigenvalue weighted by atomic mass is 10.4. The van der Waals surface area contributed by atoms with E-state index >= 15 is 0 Å². The Hall–Kier alpha value is -1.80. The van der Waals surface area contributed by atoms with Crippen LogP contribution in [0.3, 0.4) is 0 Å². The summed E-state index contributed by atoms with van der Waals surface area (Å²) in [5.41, 5.74) is 19.3. The van der Waals surface area contributed by atoms with E-state index in [9.17, 15) is 4.79 Å². The minimum atomic E-state index is -0.481. The summed E-state index contributed by atoms with van der Waals surface area (Å²) in [5, 5.41) is 1.50. The molecule has 0 saturated heterocycles. The largest absolute Gasteiger partial charge is 0.391 e. The number of hydrogen-bond donors (Lipinski definition) is 5. The highest BCUT2D eigenvalue weighted by atomic mass is 16.1. The fraction of sp³-hybridized carbons (Fsp3) is 0.500. The van der Waals surface area contributed by atoms with Crippen molar-refractivity contribution in [1.82, 2.24) is 15.4 Å². The molecular formula is C8H17N7O. The number of nitrogens with two attached hydrogens (primary N) is 3. The standard InChI is InChI=1S/C8H17N7O/c1-3-12-15(4(2)9)6-5(10)7(16)14-8(11)13-6/h4,12H,3,9-10H2,1-2H3,(H3,11,13,14,16). The van der Waals surface area contributed by atoms with Gasteiger partial charge in [-0.05, 0) is 6.92 Å². The molecule has 0 bridgehead atoms. The molecule has 0 spiro atoms. The van der Waals surface area contributed by atoms with Gasteiger partial charge in [-0.2, -0.15) is 4.98 Å². The molecule has 1 unspecified atom stereocenters. The van der Waals surface area contributed by atoms with Gasteiger partial charge in [-0.1, -0.05) is 6.92 Å². The van der Waals surface area contributed by atoms with Gasteiger partial charge in [0.05, 0.1) is 6.17 Å². The average Bonchev–Trinajstić information content (AvgIpc) is 2.20. The quantitative estimate of drug-likeness (QED) is 0.314. The molecule has 16 heavy (non-hydrogen) atoms. The van der Waals surface area contributed by atoms with Crippen molar-refractivity contribution in [3.05, 3.63) is 10.4 Å². The molecule has 1 atom stereocenters. The van der Waals surface area contributed by atoms with E-state index in [1.165, 1.54) is 5.01 Å². The normalized spacial score (nSPS) is 12.4. The molecule has 0 aliphatic rings. The molecule has 0 radical (unpaired) electrons. The predicted octanol–water partition coefficient (Wildman–Crippen LogP) is -1.43. The summed E-state index contributed by atoms with van der Waals surface area (Å²) in [4.78, 5) is 17.7. The molecule has 1 aromatic rings. The highest BCUT2D eigenvalue weighted by Crippen LogP contribution is 2.15. The lowest BCUT2D eigenvalue weighted by Gasteiger charge is -2.28. The number of aromatic nitrogens is 2. The molecule has 0 aromatic carbocycles. The molecule has 90 valence electrons. The second kappa shape index (κ2) is 4.81.